The van der Waals surface area contributed by atoms with Crippen LogP contribution in [-0.2, 0) is 29.1 Å². The maximum Gasteiger partial charge on any atom is 0.228 e. The quantitative estimate of drug-likeness (QED) is 0.671. The van der Waals surface area contributed by atoms with Crippen LogP contribution in [0.2, 0.25) is 0 Å². The van der Waals surface area contributed by atoms with Crippen LogP contribution < -0.4 is 0 Å². The number of rotatable bonds is 6. The van der Waals surface area contributed by atoms with Gasteiger partial charge < -0.3 is 14.2 Å². The number of aromatic nitrogens is 3. The average molecular weight is 368 g/mol. The Kier molecular flexibility index (Phi) is 5.08. The fourth-order valence-electron chi connectivity index (χ4n) is 3.18. The Morgan fingerprint density at radius 3 is 3.04 bits per heavy atom. The molecule has 0 N–H and O–H groups in total. The van der Waals surface area contributed by atoms with Crippen LogP contribution in [0.5, 0.6) is 0 Å². The molecule has 134 valence electrons. The Morgan fingerprint density at radius 1 is 1.27 bits per heavy atom. The summed E-state index contributed by atoms with van der Waals surface area (Å²) in [6.45, 7) is 2.28. The molecule has 6 nitrogen and oxygen atoms in total. The van der Waals surface area contributed by atoms with Gasteiger partial charge in [0.2, 0.25) is 5.91 Å². The van der Waals surface area contributed by atoms with Crippen LogP contribution >= 0.6 is 11.3 Å². The van der Waals surface area contributed by atoms with Crippen molar-refractivity contribution in [3.63, 3.8) is 0 Å². The smallest absolute Gasteiger partial charge is 0.228 e. The minimum absolute atomic E-state index is 0.0743. The predicted molar refractivity (Wildman–Crippen MR) is 98.6 cm³/mol. The third kappa shape index (κ3) is 3.84. The highest BCUT2D eigenvalue weighted by molar-refractivity contribution is 7.10. The van der Waals surface area contributed by atoms with Gasteiger partial charge in [0, 0.05) is 30.0 Å². The maximum atomic E-state index is 12.7. The Morgan fingerprint density at radius 2 is 2.23 bits per heavy atom. The van der Waals surface area contributed by atoms with Crippen molar-refractivity contribution in [1.29, 1.82) is 0 Å². The third-order valence-electron chi connectivity index (χ3n) is 4.48. The fraction of sp³-hybridized carbons (Fsp3) is 0.316. The zero-order chi connectivity index (χ0) is 17.8. The SMILES string of the molecule is O=C(Cc1cccs1)N1Cc2cncn2[C@H](COCc2cccnc2)C1. The molecule has 4 heterocycles. The number of fused-ring (bicyclic) bond motifs is 1. The zero-order valence-corrected chi connectivity index (χ0v) is 15.1. The van der Waals surface area contributed by atoms with E-state index in [9.17, 15) is 4.79 Å². The lowest BCUT2D eigenvalue weighted by atomic mass is 10.1. The standard InChI is InChI=1S/C19H20N4O2S/c24-19(7-18-4-2-6-26-18)22-10-16-9-21-14-23(16)17(11-22)13-25-12-15-3-1-5-20-8-15/h1-6,8-9,14,17H,7,10-13H2/t17-/m0/s1. The normalized spacial score (nSPS) is 16.5. The number of hydrogen-bond donors (Lipinski definition) is 0. The first kappa shape index (κ1) is 16.9. The number of carbonyl (C=O) groups is 1. The second kappa shape index (κ2) is 7.80. The van der Waals surface area contributed by atoms with Gasteiger partial charge in [-0.15, -0.1) is 11.3 Å². The van der Waals surface area contributed by atoms with Crippen LogP contribution in [0.4, 0.5) is 0 Å². The highest BCUT2D eigenvalue weighted by atomic mass is 32.1. The summed E-state index contributed by atoms with van der Waals surface area (Å²) in [5.41, 5.74) is 2.09. The molecule has 7 heteroatoms. The molecule has 0 saturated heterocycles. The molecule has 0 saturated carbocycles. The number of carbonyl (C=O) groups excluding carboxylic acids is 1. The van der Waals surface area contributed by atoms with E-state index < -0.39 is 0 Å². The van der Waals surface area contributed by atoms with E-state index in [4.69, 9.17) is 4.74 Å². The van der Waals surface area contributed by atoms with Crippen molar-refractivity contribution in [1.82, 2.24) is 19.4 Å². The summed E-state index contributed by atoms with van der Waals surface area (Å²) in [4.78, 5) is 24.1. The van der Waals surface area contributed by atoms with E-state index in [2.05, 4.69) is 14.5 Å². The Bertz CT molecular complexity index is 848. The van der Waals surface area contributed by atoms with Gasteiger partial charge in [-0.05, 0) is 23.1 Å². The van der Waals surface area contributed by atoms with Gasteiger partial charge in [0.25, 0.3) is 0 Å². The summed E-state index contributed by atoms with van der Waals surface area (Å²) in [6, 6.07) is 7.95. The summed E-state index contributed by atoms with van der Waals surface area (Å²) in [7, 11) is 0. The van der Waals surface area contributed by atoms with Gasteiger partial charge in [0.05, 0.1) is 44.2 Å². The van der Waals surface area contributed by atoms with Crippen molar-refractivity contribution in [2.24, 2.45) is 0 Å². The van der Waals surface area contributed by atoms with Crippen molar-refractivity contribution >= 4 is 17.2 Å². The van der Waals surface area contributed by atoms with Crippen LogP contribution in [0.25, 0.3) is 0 Å². The molecule has 0 aromatic carbocycles. The highest BCUT2D eigenvalue weighted by Gasteiger charge is 2.28. The molecule has 26 heavy (non-hydrogen) atoms. The van der Waals surface area contributed by atoms with Crippen molar-refractivity contribution in [3.05, 3.63) is 70.7 Å². The molecule has 1 amide bonds. The van der Waals surface area contributed by atoms with E-state index in [0.29, 0.717) is 32.7 Å². The number of imidazole rings is 1. The van der Waals surface area contributed by atoms with Crippen molar-refractivity contribution in [2.45, 2.75) is 25.6 Å². The van der Waals surface area contributed by atoms with E-state index in [1.165, 1.54) is 0 Å². The minimum Gasteiger partial charge on any atom is -0.374 e. The molecule has 3 aromatic rings. The molecule has 3 aromatic heterocycles. The molecule has 1 atom stereocenters. The summed E-state index contributed by atoms with van der Waals surface area (Å²) in [5, 5.41) is 2.00. The Hall–Kier alpha value is -2.51. The Balaban J connectivity index is 1.40. The number of hydrogen-bond acceptors (Lipinski definition) is 5. The number of amides is 1. The monoisotopic (exact) mass is 368 g/mol. The summed E-state index contributed by atoms with van der Waals surface area (Å²) in [6.07, 6.45) is 7.67. The summed E-state index contributed by atoms with van der Waals surface area (Å²) < 4.78 is 8.02. The molecule has 0 fully saturated rings. The van der Waals surface area contributed by atoms with Crippen molar-refractivity contribution in [3.8, 4) is 0 Å². The highest BCUT2D eigenvalue weighted by Crippen LogP contribution is 2.23. The molecule has 0 bridgehead atoms. The molecule has 4 rings (SSSR count). The molecule has 1 aliphatic rings. The zero-order valence-electron chi connectivity index (χ0n) is 14.3. The minimum atomic E-state index is 0.0743. The van der Waals surface area contributed by atoms with Gasteiger partial charge in [-0.3, -0.25) is 9.78 Å². The molecule has 0 spiro atoms. The largest absolute Gasteiger partial charge is 0.374 e. The van der Waals surface area contributed by atoms with E-state index >= 15 is 0 Å². The molecule has 1 aliphatic heterocycles. The molecule has 0 radical (unpaired) electrons. The molecular weight excluding hydrogens is 348 g/mol. The maximum absolute atomic E-state index is 12.7. The van der Waals surface area contributed by atoms with Gasteiger partial charge in [-0.2, -0.15) is 0 Å². The van der Waals surface area contributed by atoms with Gasteiger partial charge in [0.15, 0.2) is 0 Å². The van der Waals surface area contributed by atoms with Crippen LogP contribution in [0, 0.1) is 0 Å². The van der Waals surface area contributed by atoms with E-state index in [0.717, 1.165) is 16.1 Å². The summed E-state index contributed by atoms with van der Waals surface area (Å²) >= 11 is 1.62. The van der Waals surface area contributed by atoms with E-state index in [-0.39, 0.29) is 11.9 Å². The summed E-state index contributed by atoms with van der Waals surface area (Å²) in [5.74, 6) is 0.150. The lowest BCUT2D eigenvalue weighted by Crippen LogP contribution is -2.42. The number of pyridine rings is 1. The second-order valence-corrected chi connectivity index (χ2v) is 7.39. The number of thiophene rings is 1. The number of ether oxygens (including phenoxy) is 1. The molecule has 0 unspecified atom stereocenters. The molecule has 0 aliphatic carbocycles. The first-order valence-electron chi connectivity index (χ1n) is 8.57. The lowest BCUT2D eigenvalue weighted by molar-refractivity contribution is -0.132. The van der Waals surface area contributed by atoms with Crippen molar-refractivity contribution < 1.29 is 9.53 Å². The van der Waals surface area contributed by atoms with Gasteiger partial charge in [-0.25, -0.2) is 4.98 Å². The topological polar surface area (TPSA) is 60.2 Å². The second-order valence-electron chi connectivity index (χ2n) is 6.35. The number of nitrogens with zero attached hydrogens (tertiary/aromatic N) is 4. The average Bonchev–Trinajstić information content (AvgIpc) is 3.34. The molecular formula is C19H20N4O2S. The van der Waals surface area contributed by atoms with Gasteiger partial charge in [0.1, 0.15) is 0 Å². The first-order chi connectivity index (χ1) is 12.8. The van der Waals surface area contributed by atoms with Crippen LogP contribution in [0.1, 0.15) is 22.2 Å². The van der Waals surface area contributed by atoms with Gasteiger partial charge >= 0.3 is 0 Å². The lowest BCUT2D eigenvalue weighted by Gasteiger charge is -2.34. The Labute approximate surface area is 156 Å². The van der Waals surface area contributed by atoms with Crippen LogP contribution in [0.15, 0.2) is 54.6 Å². The van der Waals surface area contributed by atoms with E-state index in [1.54, 1.807) is 23.7 Å². The first-order valence-corrected chi connectivity index (χ1v) is 9.45. The van der Waals surface area contributed by atoms with Crippen LogP contribution in [-0.4, -0.2) is 38.5 Å². The fourth-order valence-corrected chi connectivity index (χ4v) is 3.87. The third-order valence-corrected chi connectivity index (χ3v) is 5.36. The van der Waals surface area contributed by atoms with Gasteiger partial charge in [-0.1, -0.05) is 12.1 Å². The predicted octanol–water partition coefficient (Wildman–Crippen LogP) is 2.68. The van der Waals surface area contributed by atoms with E-state index in [1.807, 2.05) is 47.1 Å². The van der Waals surface area contributed by atoms with Crippen LogP contribution in [0.3, 0.4) is 0 Å². The van der Waals surface area contributed by atoms with Crippen molar-refractivity contribution in [2.75, 3.05) is 13.2 Å².